The molecule has 1 aromatic heterocycles. The van der Waals surface area contributed by atoms with Gasteiger partial charge in [-0.25, -0.2) is 0 Å². The number of nitrogens with one attached hydrogen (secondary N) is 1. The zero-order valence-corrected chi connectivity index (χ0v) is 13.4. The van der Waals surface area contributed by atoms with Crippen LogP contribution >= 0.6 is 0 Å². The molecular formula is C18H22N2O3. The summed E-state index contributed by atoms with van der Waals surface area (Å²) in [6, 6.07) is 7.81. The Morgan fingerprint density at radius 1 is 1.22 bits per heavy atom. The van der Waals surface area contributed by atoms with Gasteiger partial charge in [-0.05, 0) is 13.0 Å². The fourth-order valence-electron chi connectivity index (χ4n) is 3.70. The molecule has 2 aromatic rings. The molecule has 2 aliphatic rings. The van der Waals surface area contributed by atoms with Crippen molar-refractivity contribution < 1.29 is 14.3 Å². The van der Waals surface area contributed by atoms with E-state index < -0.39 is 0 Å². The van der Waals surface area contributed by atoms with Gasteiger partial charge >= 0.3 is 0 Å². The molecule has 2 aliphatic heterocycles. The lowest BCUT2D eigenvalue weighted by Gasteiger charge is -2.39. The summed E-state index contributed by atoms with van der Waals surface area (Å²) >= 11 is 0. The predicted molar refractivity (Wildman–Crippen MR) is 87.5 cm³/mol. The highest BCUT2D eigenvalue weighted by molar-refractivity contribution is 6.10. The van der Waals surface area contributed by atoms with Crippen molar-refractivity contribution in [2.24, 2.45) is 0 Å². The van der Waals surface area contributed by atoms with E-state index in [1.807, 2.05) is 37.4 Å². The molecule has 5 nitrogen and oxygen atoms in total. The van der Waals surface area contributed by atoms with E-state index in [9.17, 15) is 4.79 Å². The van der Waals surface area contributed by atoms with Crippen LogP contribution in [-0.2, 0) is 9.47 Å². The van der Waals surface area contributed by atoms with E-state index in [1.54, 1.807) is 0 Å². The Labute approximate surface area is 135 Å². The molecule has 0 amide bonds. The quantitative estimate of drug-likeness (QED) is 0.885. The largest absolute Gasteiger partial charge is 0.360 e. The van der Waals surface area contributed by atoms with Gasteiger partial charge in [0.1, 0.15) is 0 Å². The number of aromatic amines is 1. The van der Waals surface area contributed by atoms with Gasteiger partial charge in [-0.3, -0.25) is 9.69 Å². The van der Waals surface area contributed by atoms with Crippen molar-refractivity contribution in [2.45, 2.75) is 31.6 Å². The second-order valence-electron chi connectivity index (χ2n) is 6.43. The molecule has 2 fully saturated rings. The third-order valence-electron chi connectivity index (χ3n) is 5.16. The first-order chi connectivity index (χ1) is 11.2. The molecule has 2 saturated heterocycles. The maximum Gasteiger partial charge on any atom is 0.181 e. The number of ether oxygens (including phenoxy) is 2. The molecule has 0 saturated carbocycles. The first kappa shape index (κ1) is 14.9. The molecule has 1 spiro atoms. The van der Waals surface area contributed by atoms with Crippen molar-refractivity contribution in [1.29, 1.82) is 0 Å². The highest BCUT2D eigenvalue weighted by Gasteiger charge is 2.41. The van der Waals surface area contributed by atoms with Crippen molar-refractivity contribution in [3.8, 4) is 0 Å². The fourth-order valence-corrected chi connectivity index (χ4v) is 3.70. The number of ketones is 1. The predicted octanol–water partition coefficient (Wildman–Crippen LogP) is 2.58. The van der Waals surface area contributed by atoms with Crippen LogP contribution in [0.5, 0.6) is 0 Å². The van der Waals surface area contributed by atoms with E-state index in [0.29, 0.717) is 13.2 Å². The molecule has 4 rings (SSSR count). The van der Waals surface area contributed by atoms with Gasteiger partial charge in [0.2, 0.25) is 0 Å². The van der Waals surface area contributed by atoms with Crippen LogP contribution in [0.25, 0.3) is 10.9 Å². The Bertz CT molecular complexity index is 708. The molecule has 0 radical (unpaired) electrons. The van der Waals surface area contributed by atoms with Crippen molar-refractivity contribution >= 4 is 16.7 Å². The van der Waals surface area contributed by atoms with Crippen LogP contribution in [0.15, 0.2) is 30.5 Å². The number of H-pyrrole nitrogens is 1. The third-order valence-corrected chi connectivity index (χ3v) is 5.16. The van der Waals surface area contributed by atoms with Gasteiger partial charge in [0, 0.05) is 48.6 Å². The van der Waals surface area contributed by atoms with Crippen LogP contribution < -0.4 is 0 Å². The van der Waals surface area contributed by atoms with Crippen molar-refractivity contribution in [3.63, 3.8) is 0 Å². The second-order valence-corrected chi connectivity index (χ2v) is 6.43. The molecule has 3 heterocycles. The minimum absolute atomic E-state index is 0.132. The number of Topliss-reactive ketones (excluding diaryl/α,β-unsaturated/α-hetero) is 1. The Kier molecular flexibility index (Phi) is 3.71. The normalized spacial score (nSPS) is 22.7. The molecule has 23 heavy (non-hydrogen) atoms. The summed E-state index contributed by atoms with van der Waals surface area (Å²) in [7, 11) is 0. The summed E-state index contributed by atoms with van der Waals surface area (Å²) in [5, 5.41) is 1.00. The van der Waals surface area contributed by atoms with Crippen LogP contribution in [0, 0.1) is 0 Å². The van der Waals surface area contributed by atoms with E-state index in [0.717, 1.165) is 42.4 Å². The number of hydrogen-bond acceptors (Lipinski definition) is 4. The zero-order valence-electron chi connectivity index (χ0n) is 13.4. The van der Waals surface area contributed by atoms with Gasteiger partial charge in [-0.15, -0.1) is 0 Å². The van der Waals surface area contributed by atoms with Crippen molar-refractivity contribution in [1.82, 2.24) is 9.88 Å². The monoisotopic (exact) mass is 314 g/mol. The summed E-state index contributed by atoms with van der Waals surface area (Å²) in [5.74, 6) is -0.216. The molecular weight excluding hydrogens is 292 g/mol. The number of benzene rings is 1. The first-order valence-corrected chi connectivity index (χ1v) is 8.31. The van der Waals surface area contributed by atoms with E-state index in [-0.39, 0.29) is 17.6 Å². The van der Waals surface area contributed by atoms with Gasteiger partial charge in [0.15, 0.2) is 11.6 Å². The molecule has 0 bridgehead atoms. The molecule has 0 unspecified atom stereocenters. The maximum absolute atomic E-state index is 12.9. The molecule has 1 aromatic carbocycles. The number of rotatable bonds is 3. The molecule has 122 valence electrons. The van der Waals surface area contributed by atoms with Crippen LogP contribution in [-0.4, -0.2) is 53.8 Å². The van der Waals surface area contributed by atoms with Gasteiger partial charge in [-0.1, -0.05) is 18.2 Å². The van der Waals surface area contributed by atoms with Crippen LogP contribution in [0.4, 0.5) is 0 Å². The SMILES string of the molecule is C[C@@H](C(=O)c1c[nH]c2ccccc12)N1CCC2(CC1)OCCO2. The van der Waals surface area contributed by atoms with Crippen molar-refractivity contribution in [2.75, 3.05) is 26.3 Å². The summed E-state index contributed by atoms with van der Waals surface area (Å²) in [6.45, 7) is 5.02. The highest BCUT2D eigenvalue weighted by Crippen LogP contribution is 2.32. The van der Waals surface area contributed by atoms with E-state index >= 15 is 0 Å². The Morgan fingerprint density at radius 3 is 2.65 bits per heavy atom. The van der Waals surface area contributed by atoms with Crippen LogP contribution in [0.1, 0.15) is 30.1 Å². The lowest BCUT2D eigenvalue weighted by molar-refractivity contribution is -0.186. The summed E-state index contributed by atoms with van der Waals surface area (Å²) in [4.78, 5) is 18.3. The maximum atomic E-state index is 12.9. The number of fused-ring (bicyclic) bond motifs is 1. The standard InChI is InChI=1S/C18H22N2O3/c1-13(20-8-6-18(7-9-20)22-10-11-23-18)17(21)15-12-19-16-5-3-2-4-14(15)16/h2-5,12-13,19H,6-11H2,1H3/t13-/m0/s1. The topological polar surface area (TPSA) is 54.6 Å². The van der Waals surface area contributed by atoms with Gasteiger partial charge in [-0.2, -0.15) is 0 Å². The number of likely N-dealkylation sites (tertiary alicyclic amines) is 1. The van der Waals surface area contributed by atoms with Gasteiger partial charge in [0.05, 0.1) is 19.3 Å². The van der Waals surface area contributed by atoms with Crippen molar-refractivity contribution in [3.05, 3.63) is 36.0 Å². The molecule has 1 N–H and O–H groups in total. The molecule has 1 atom stereocenters. The number of piperidine rings is 1. The number of hydrogen-bond donors (Lipinski definition) is 1. The lowest BCUT2D eigenvalue weighted by atomic mass is 9.98. The lowest BCUT2D eigenvalue weighted by Crippen LogP contribution is -2.50. The molecule has 0 aliphatic carbocycles. The smallest absolute Gasteiger partial charge is 0.181 e. The van der Waals surface area contributed by atoms with E-state index in [1.165, 1.54) is 0 Å². The number of nitrogens with zero attached hydrogens (tertiary/aromatic N) is 1. The van der Waals surface area contributed by atoms with Crippen LogP contribution in [0.3, 0.4) is 0 Å². The first-order valence-electron chi connectivity index (χ1n) is 8.31. The third kappa shape index (κ3) is 2.59. The number of carbonyl (C=O) groups is 1. The van der Waals surface area contributed by atoms with E-state index in [4.69, 9.17) is 9.47 Å². The number of aromatic nitrogens is 1. The molecule has 5 heteroatoms. The fraction of sp³-hybridized carbons (Fsp3) is 0.500. The van der Waals surface area contributed by atoms with Gasteiger partial charge in [0.25, 0.3) is 0 Å². The summed E-state index contributed by atoms with van der Waals surface area (Å²) < 4.78 is 11.5. The highest BCUT2D eigenvalue weighted by atomic mass is 16.7. The Balaban J connectivity index is 1.48. The second kappa shape index (κ2) is 5.74. The summed E-state index contributed by atoms with van der Waals surface area (Å²) in [6.07, 6.45) is 3.50. The number of carbonyl (C=O) groups excluding carboxylic acids is 1. The average molecular weight is 314 g/mol. The summed E-state index contributed by atoms with van der Waals surface area (Å²) in [5.41, 5.74) is 1.79. The Hall–Kier alpha value is -1.69. The van der Waals surface area contributed by atoms with E-state index in [2.05, 4.69) is 9.88 Å². The number of para-hydroxylation sites is 1. The zero-order chi connectivity index (χ0) is 15.9. The van der Waals surface area contributed by atoms with Crippen LogP contribution in [0.2, 0.25) is 0 Å². The average Bonchev–Trinajstić information content (AvgIpc) is 3.21. The van der Waals surface area contributed by atoms with Gasteiger partial charge < -0.3 is 14.5 Å². The minimum atomic E-state index is -0.389. The Morgan fingerprint density at radius 2 is 1.91 bits per heavy atom. The minimum Gasteiger partial charge on any atom is -0.360 e.